The average molecular weight is 1260 g/mol. The Hall–Kier alpha value is -2.78. The number of hydrogen-bond donors (Lipinski definition) is 0. The van der Waals surface area contributed by atoms with Gasteiger partial charge in [0.1, 0.15) is 12.2 Å². The van der Waals surface area contributed by atoms with Gasteiger partial charge in [-0.05, 0) is 258 Å². The Morgan fingerprint density at radius 2 is 0.533 bits per heavy atom. The molecule has 0 N–H and O–H groups in total. The molecule has 524 valence electrons. The minimum atomic E-state index is -0.0108. The van der Waals surface area contributed by atoms with Gasteiger partial charge in [-0.2, -0.15) is 0 Å². The van der Waals surface area contributed by atoms with E-state index in [-0.39, 0.29) is 24.1 Å². The van der Waals surface area contributed by atoms with E-state index >= 15 is 0 Å². The molecule has 0 aliphatic carbocycles. The van der Waals surface area contributed by atoms with Gasteiger partial charge in [-0.25, -0.2) is 0 Å². The second-order valence-electron chi connectivity index (χ2n) is 27.5. The van der Waals surface area contributed by atoms with E-state index in [4.69, 9.17) is 9.47 Å². The average Bonchev–Trinajstić information content (AvgIpc) is 3.75. The summed E-state index contributed by atoms with van der Waals surface area (Å²) >= 11 is 0. The first-order valence-electron chi connectivity index (χ1n) is 39.3. The van der Waals surface area contributed by atoms with Crippen molar-refractivity contribution >= 4 is 11.9 Å². The van der Waals surface area contributed by atoms with Crippen molar-refractivity contribution in [1.29, 1.82) is 0 Å². The molecule has 0 amide bonds. The SMILES string of the molecule is CCCCC/C=C\CCCC(CCC/C=C\CCCCC)C(CCC/C=C\CCCCC)OC(=O)CCN(C)CCCN1CCN(CCCN(C)CCC(=O)OC(CCC/C=C\CCCCC)C(CCC/C=C\CCCCC)CCC/C=C\CCCCC)CC1. The largest absolute Gasteiger partial charge is 0.462 e. The van der Waals surface area contributed by atoms with E-state index < -0.39 is 0 Å². The Kier molecular flexibility index (Phi) is 62.7. The van der Waals surface area contributed by atoms with Crippen molar-refractivity contribution in [3.05, 3.63) is 72.9 Å². The third kappa shape index (κ3) is 54.6. The minimum absolute atomic E-state index is 0.00181. The lowest BCUT2D eigenvalue weighted by molar-refractivity contribution is -0.154. The van der Waals surface area contributed by atoms with Gasteiger partial charge in [0.25, 0.3) is 0 Å². The standard InChI is InChI=1S/C82H152N4O4/c1-9-15-21-27-33-39-45-51-59-77(60-52-46-40-34-28-22-16-10-2)79(63-55-49-43-37-31-25-19-13-5)89-81(87)65-71-83(7)67-57-69-85-73-75-86(76-74-85)70-58-68-84(8)72-66-82(88)90-80(64-56-50-44-38-32-26-20-14-6)78(61-53-47-41-35-29-23-17-11-3)62-54-48-42-36-30-24-18-12-4/h33-44,77-80H,9-32,45-76H2,1-8H3/b39-33-,40-34-,41-35-,42-36-,43-37-,44-38-. The summed E-state index contributed by atoms with van der Waals surface area (Å²) in [5, 5.41) is 0. The molecule has 1 fully saturated rings. The number of carbonyl (C=O) groups is 2. The summed E-state index contributed by atoms with van der Waals surface area (Å²) in [5.41, 5.74) is 0. The zero-order valence-electron chi connectivity index (χ0n) is 61.3. The number of piperazine rings is 1. The Morgan fingerprint density at radius 1 is 0.311 bits per heavy atom. The van der Waals surface area contributed by atoms with Crippen molar-refractivity contribution in [3.8, 4) is 0 Å². The highest BCUT2D eigenvalue weighted by atomic mass is 16.5. The quantitative estimate of drug-likeness (QED) is 0.0339. The number of hydrogen-bond acceptors (Lipinski definition) is 8. The number of rotatable bonds is 66. The van der Waals surface area contributed by atoms with Crippen LogP contribution in [0, 0.1) is 11.8 Å². The predicted molar refractivity (Wildman–Crippen MR) is 396 cm³/mol. The summed E-state index contributed by atoms with van der Waals surface area (Å²) in [4.78, 5) is 37.5. The van der Waals surface area contributed by atoms with Crippen LogP contribution in [0.3, 0.4) is 0 Å². The second kappa shape index (κ2) is 66.2. The molecule has 1 rings (SSSR count). The van der Waals surface area contributed by atoms with E-state index in [1.54, 1.807) is 0 Å². The van der Waals surface area contributed by atoms with Crippen LogP contribution < -0.4 is 0 Å². The van der Waals surface area contributed by atoms with Gasteiger partial charge in [-0.3, -0.25) is 9.59 Å². The van der Waals surface area contributed by atoms with Crippen LogP contribution >= 0.6 is 0 Å². The molecule has 0 spiro atoms. The monoisotopic (exact) mass is 1260 g/mol. The van der Waals surface area contributed by atoms with Gasteiger partial charge in [-0.1, -0.05) is 192 Å². The van der Waals surface area contributed by atoms with Crippen LogP contribution in [0.5, 0.6) is 0 Å². The molecule has 8 heteroatoms. The number of esters is 2. The number of nitrogens with zero attached hydrogens (tertiary/aromatic N) is 4. The van der Waals surface area contributed by atoms with Crippen molar-refractivity contribution in [2.24, 2.45) is 11.8 Å². The molecular formula is C82H152N4O4. The second-order valence-corrected chi connectivity index (χ2v) is 27.5. The maximum atomic E-state index is 13.8. The van der Waals surface area contributed by atoms with Crippen molar-refractivity contribution in [1.82, 2.24) is 19.6 Å². The van der Waals surface area contributed by atoms with E-state index in [9.17, 15) is 9.59 Å². The summed E-state index contributed by atoms with van der Waals surface area (Å²) in [6.07, 6.45) is 82.1. The number of unbranched alkanes of at least 4 members (excludes halogenated alkanes) is 24. The molecule has 0 radical (unpaired) electrons. The number of allylic oxidation sites excluding steroid dienone is 12. The van der Waals surface area contributed by atoms with Crippen LogP contribution in [0.2, 0.25) is 0 Å². The summed E-state index contributed by atoms with van der Waals surface area (Å²) in [6.45, 7) is 23.8. The molecule has 0 bridgehead atoms. The van der Waals surface area contributed by atoms with Crippen molar-refractivity contribution in [2.45, 2.75) is 349 Å². The minimum Gasteiger partial charge on any atom is -0.462 e. The lowest BCUT2D eigenvalue weighted by Gasteiger charge is -2.35. The highest BCUT2D eigenvalue weighted by Gasteiger charge is 2.27. The van der Waals surface area contributed by atoms with Gasteiger partial charge in [0.2, 0.25) is 0 Å². The molecule has 1 aliphatic heterocycles. The molecule has 0 saturated carbocycles. The van der Waals surface area contributed by atoms with Crippen LogP contribution in [0.4, 0.5) is 0 Å². The Morgan fingerprint density at radius 3 is 0.767 bits per heavy atom. The Labute approximate surface area is 561 Å². The topological polar surface area (TPSA) is 65.6 Å². The fourth-order valence-corrected chi connectivity index (χ4v) is 12.8. The fraction of sp³-hybridized carbons (Fsp3) is 0.829. The third-order valence-electron chi connectivity index (χ3n) is 18.9. The predicted octanol–water partition coefficient (Wildman–Crippen LogP) is 22.9. The summed E-state index contributed by atoms with van der Waals surface area (Å²) in [6, 6.07) is 0. The van der Waals surface area contributed by atoms with Gasteiger partial charge in [-0.15, -0.1) is 0 Å². The molecule has 0 aromatic carbocycles. The molecular weight excluding hydrogens is 1100 g/mol. The van der Waals surface area contributed by atoms with E-state index in [1.165, 1.54) is 180 Å². The highest BCUT2D eigenvalue weighted by Crippen LogP contribution is 2.29. The molecule has 0 aromatic heterocycles. The lowest BCUT2D eigenvalue weighted by Crippen LogP contribution is -2.47. The molecule has 8 nitrogen and oxygen atoms in total. The maximum absolute atomic E-state index is 13.8. The summed E-state index contributed by atoms with van der Waals surface area (Å²) in [7, 11) is 4.36. The van der Waals surface area contributed by atoms with E-state index in [0.717, 1.165) is 168 Å². The number of ether oxygens (including phenoxy) is 2. The third-order valence-corrected chi connectivity index (χ3v) is 18.9. The van der Waals surface area contributed by atoms with Crippen LogP contribution in [-0.4, -0.2) is 123 Å². The van der Waals surface area contributed by atoms with Gasteiger partial charge in [0.15, 0.2) is 0 Å². The van der Waals surface area contributed by atoms with E-state index in [0.29, 0.717) is 24.7 Å². The molecule has 1 aliphatic rings. The van der Waals surface area contributed by atoms with Crippen LogP contribution in [0.25, 0.3) is 0 Å². The smallest absolute Gasteiger partial charge is 0.307 e. The first-order chi connectivity index (χ1) is 44.2. The normalized spacial score (nSPS) is 14.6. The van der Waals surface area contributed by atoms with Gasteiger partial charge in [0, 0.05) is 39.3 Å². The Balaban J connectivity index is 2.73. The van der Waals surface area contributed by atoms with Gasteiger partial charge >= 0.3 is 11.9 Å². The zero-order chi connectivity index (χ0) is 65.3. The summed E-state index contributed by atoms with van der Waals surface area (Å²) < 4.78 is 13.1. The maximum Gasteiger partial charge on any atom is 0.307 e. The number of carbonyl (C=O) groups excluding carboxylic acids is 2. The molecule has 0 aromatic rings. The van der Waals surface area contributed by atoms with E-state index in [2.05, 4.69) is 148 Å². The van der Waals surface area contributed by atoms with Crippen molar-refractivity contribution in [3.63, 3.8) is 0 Å². The van der Waals surface area contributed by atoms with Gasteiger partial charge in [0.05, 0.1) is 12.8 Å². The first-order valence-corrected chi connectivity index (χ1v) is 39.3. The van der Waals surface area contributed by atoms with E-state index in [1.807, 2.05) is 0 Å². The van der Waals surface area contributed by atoms with Gasteiger partial charge < -0.3 is 29.1 Å². The van der Waals surface area contributed by atoms with Crippen LogP contribution in [0.15, 0.2) is 72.9 Å². The zero-order valence-corrected chi connectivity index (χ0v) is 61.3. The molecule has 90 heavy (non-hydrogen) atoms. The molecule has 1 heterocycles. The molecule has 2 unspecified atom stereocenters. The highest BCUT2D eigenvalue weighted by molar-refractivity contribution is 5.70. The molecule has 2 atom stereocenters. The summed E-state index contributed by atoms with van der Waals surface area (Å²) in [5.74, 6) is 0.805. The lowest BCUT2D eigenvalue weighted by atomic mass is 9.87. The Bertz CT molecular complexity index is 1560. The fourth-order valence-electron chi connectivity index (χ4n) is 12.8. The van der Waals surface area contributed by atoms with Crippen LogP contribution in [-0.2, 0) is 19.1 Å². The van der Waals surface area contributed by atoms with Crippen molar-refractivity contribution < 1.29 is 19.1 Å². The first kappa shape index (κ1) is 85.2. The van der Waals surface area contributed by atoms with Crippen molar-refractivity contribution in [2.75, 3.05) is 79.5 Å². The molecule has 1 saturated heterocycles. The van der Waals surface area contributed by atoms with Crippen LogP contribution in [0.1, 0.15) is 337 Å².